The summed E-state index contributed by atoms with van der Waals surface area (Å²) in [6.45, 7) is 11.1. The summed E-state index contributed by atoms with van der Waals surface area (Å²) in [5, 5.41) is 3.51. The van der Waals surface area contributed by atoms with Crippen LogP contribution in [0.25, 0.3) is 0 Å². The van der Waals surface area contributed by atoms with Crippen molar-refractivity contribution in [2.75, 3.05) is 33.0 Å². The third-order valence-corrected chi connectivity index (χ3v) is 3.64. The number of rotatable bonds is 4. The first-order valence-corrected chi connectivity index (χ1v) is 7.76. The highest BCUT2D eigenvalue weighted by molar-refractivity contribution is 5.68. The molecule has 1 N–H and O–H groups in total. The molecule has 6 nitrogen and oxygen atoms in total. The Morgan fingerprint density at radius 3 is 2.62 bits per heavy atom. The topological polar surface area (TPSA) is 60.0 Å². The lowest BCUT2D eigenvalue weighted by atomic mass is 10.1. The fourth-order valence-corrected chi connectivity index (χ4v) is 2.62. The summed E-state index contributed by atoms with van der Waals surface area (Å²) in [7, 11) is 0. The van der Waals surface area contributed by atoms with E-state index in [0.29, 0.717) is 31.8 Å². The summed E-state index contributed by atoms with van der Waals surface area (Å²) < 4.78 is 16.2. The Balaban J connectivity index is 1.86. The first-order valence-electron chi connectivity index (χ1n) is 7.76. The molecule has 2 aliphatic rings. The minimum absolute atomic E-state index is 0.0668. The lowest BCUT2D eigenvalue weighted by Crippen LogP contribution is -2.55. The van der Waals surface area contributed by atoms with E-state index in [-0.39, 0.29) is 12.1 Å². The summed E-state index contributed by atoms with van der Waals surface area (Å²) in [6, 6.07) is 0.826. The molecule has 0 aliphatic carbocycles. The standard InChI is InChI=1S/C15H28N2O4/c1-11(16-12-8-20-9-12)7-13-10-19-6-5-17(13)14(18)21-15(2,3)4/h11-13,16H,5-10H2,1-4H3. The molecule has 0 radical (unpaired) electrons. The summed E-state index contributed by atoms with van der Waals surface area (Å²) in [6.07, 6.45) is 0.616. The van der Waals surface area contributed by atoms with Crippen molar-refractivity contribution in [1.29, 1.82) is 0 Å². The van der Waals surface area contributed by atoms with Gasteiger partial charge in [-0.05, 0) is 34.1 Å². The van der Waals surface area contributed by atoms with Crippen molar-refractivity contribution in [3.05, 3.63) is 0 Å². The first-order chi connectivity index (χ1) is 9.85. The van der Waals surface area contributed by atoms with Crippen LogP contribution in [0.5, 0.6) is 0 Å². The summed E-state index contributed by atoms with van der Waals surface area (Å²) in [5.74, 6) is 0. The number of carbonyl (C=O) groups excluding carboxylic acids is 1. The molecular formula is C15H28N2O4. The van der Waals surface area contributed by atoms with Crippen LogP contribution in [-0.4, -0.2) is 67.7 Å². The number of carbonyl (C=O) groups is 1. The second kappa shape index (κ2) is 6.94. The maximum Gasteiger partial charge on any atom is 0.410 e. The van der Waals surface area contributed by atoms with E-state index in [0.717, 1.165) is 19.6 Å². The zero-order valence-corrected chi connectivity index (χ0v) is 13.6. The van der Waals surface area contributed by atoms with E-state index in [1.165, 1.54) is 0 Å². The molecule has 2 aliphatic heterocycles. The molecule has 2 fully saturated rings. The number of hydrogen-bond acceptors (Lipinski definition) is 5. The van der Waals surface area contributed by atoms with Crippen molar-refractivity contribution in [1.82, 2.24) is 10.2 Å². The van der Waals surface area contributed by atoms with Gasteiger partial charge in [0, 0.05) is 12.6 Å². The Bertz CT molecular complexity index is 352. The Hall–Kier alpha value is -0.850. The largest absolute Gasteiger partial charge is 0.444 e. The molecule has 122 valence electrons. The van der Waals surface area contributed by atoms with E-state index in [2.05, 4.69) is 12.2 Å². The predicted molar refractivity (Wildman–Crippen MR) is 79.4 cm³/mol. The van der Waals surface area contributed by atoms with Crippen LogP contribution in [0.4, 0.5) is 4.79 Å². The highest BCUT2D eigenvalue weighted by Gasteiger charge is 2.32. The molecular weight excluding hydrogens is 272 g/mol. The zero-order chi connectivity index (χ0) is 15.5. The molecule has 21 heavy (non-hydrogen) atoms. The second-order valence-electron chi connectivity index (χ2n) is 6.94. The molecule has 0 aromatic rings. The average Bonchev–Trinajstić information content (AvgIpc) is 2.32. The smallest absolute Gasteiger partial charge is 0.410 e. The third-order valence-electron chi connectivity index (χ3n) is 3.64. The maximum atomic E-state index is 12.3. The van der Waals surface area contributed by atoms with Crippen molar-refractivity contribution in [2.45, 2.75) is 57.8 Å². The highest BCUT2D eigenvalue weighted by atomic mass is 16.6. The van der Waals surface area contributed by atoms with Crippen molar-refractivity contribution in [2.24, 2.45) is 0 Å². The van der Waals surface area contributed by atoms with E-state index in [1.807, 2.05) is 25.7 Å². The van der Waals surface area contributed by atoms with E-state index < -0.39 is 5.60 Å². The van der Waals surface area contributed by atoms with Crippen molar-refractivity contribution >= 4 is 6.09 Å². The van der Waals surface area contributed by atoms with Crippen LogP contribution in [-0.2, 0) is 14.2 Å². The van der Waals surface area contributed by atoms with Crippen molar-refractivity contribution < 1.29 is 19.0 Å². The first kappa shape index (κ1) is 16.5. The normalized spacial score (nSPS) is 25.3. The second-order valence-corrected chi connectivity index (χ2v) is 6.94. The molecule has 1 amide bonds. The average molecular weight is 300 g/mol. The van der Waals surface area contributed by atoms with Crippen LogP contribution in [0.1, 0.15) is 34.1 Å². The van der Waals surface area contributed by atoms with Crippen LogP contribution in [0, 0.1) is 0 Å². The van der Waals surface area contributed by atoms with Crippen LogP contribution in [0.15, 0.2) is 0 Å². The van der Waals surface area contributed by atoms with Gasteiger partial charge in [-0.25, -0.2) is 4.79 Å². The van der Waals surface area contributed by atoms with Gasteiger partial charge in [-0.2, -0.15) is 0 Å². The van der Waals surface area contributed by atoms with Crippen LogP contribution < -0.4 is 5.32 Å². The van der Waals surface area contributed by atoms with Crippen molar-refractivity contribution in [3.63, 3.8) is 0 Å². The Kier molecular flexibility index (Phi) is 5.46. The fourth-order valence-electron chi connectivity index (χ4n) is 2.62. The van der Waals surface area contributed by atoms with Crippen LogP contribution >= 0.6 is 0 Å². The number of nitrogens with zero attached hydrogens (tertiary/aromatic N) is 1. The highest BCUT2D eigenvalue weighted by Crippen LogP contribution is 2.18. The molecule has 0 aromatic carbocycles. The molecule has 0 aromatic heterocycles. The summed E-state index contributed by atoms with van der Waals surface area (Å²) in [5.41, 5.74) is -0.465. The molecule has 2 heterocycles. The molecule has 2 atom stereocenters. The lowest BCUT2D eigenvalue weighted by Gasteiger charge is -2.39. The molecule has 2 unspecified atom stereocenters. The predicted octanol–water partition coefficient (Wildman–Crippen LogP) is 1.39. The van der Waals surface area contributed by atoms with Gasteiger partial charge in [0.25, 0.3) is 0 Å². The minimum atomic E-state index is -0.465. The van der Waals surface area contributed by atoms with E-state index in [4.69, 9.17) is 14.2 Å². The molecule has 6 heteroatoms. The zero-order valence-electron chi connectivity index (χ0n) is 13.6. The molecule has 2 rings (SSSR count). The minimum Gasteiger partial charge on any atom is -0.444 e. The van der Waals surface area contributed by atoms with Gasteiger partial charge in [0.05, 0.1) is 38.5 Å². The fraction of sp³-hybridized carbons (Fsp3) is 0.933. The number of amides is 1. The van der Waals surface area contributed by atoms with Gasteiger partial charge in [-0.15, -0.1) is 0 Å². The van der Waals surface area contributed by atoms with Crippen LogP contribution in [0.2, 0.25) is 0 Å². The Morgan fingerprint density at radius 2 is 2.05 bits per heavy atom. The molecule has 2 saturated heterocycles. The lowest BCUT2D eigenvalue weighted by molar-refractivity contribution is -0.0397. The van der Waals surface area contributed by atoms with E-state index in [9.17, 15) is 4.79 Å². The summed E-state index contributed by atoms with van der Waals surface area (Å²) >= 11 is 0. The van der Waals surface area contributed by atoms with E-state index in [1.54, 1.807) is 0 Å². The molecule has 0 bridgehead atoms. The summed E-state index contributed by atoms with van der Waals surface area (Å²) in [4.78, 5) is 14.1. The van der Waals surface area contributed by atoms with E-state index >= 15 is 0 Å². The quantitative estimate of drug-likeness (QED) is 0.850. The van der Waals surface area contributed by atoms with Gasteiger partial charge in [-0.1, -0.05) is 0 Å². The van der Waals surface area contributed by atoms with Gasteiger partial charge < -0.3 is 24.4 Å². The number of nitrogens with one attached hydrogen (secondary N) is 1. The van der Waals surface area contributed by atoms with Gasteiger partial charge in [0.1, 0.15) is 5.60 Å². The number of morpholine rings is 1. The van der Waals surface area contributed by atoms with Gasteiger partial charge in [-0.3, -0.25) is 0 Å². The van der Waals surface area contributed by atoms with Crippen LogP contribution in [0.3, 0.4) is 0 Å². The van der Waals surface area contributed by atoms with Crippen molar-refractivity contribution in [3.8, 4) is 0 Å². The Morgan fingerprint density at radius 1 is 1.33 bits per heavy atom. The van der Waals surface area contributed by atoms with Gasteiger partial charge in [0.15, 0.2) is 0 Å². The van der Waals surface area contributed by atoms with Gasteiger partial charge in [0.2, 0.25) is 0 Å². The SMILES string of the molecule is CC(CC1COCCN1C(=O)OC(C)(C)C)NC1COC1. The number of hydrogen-bond donors (Lipinski definition) is 1. The monoisotopic (exact) mass is 300 g/mol. The third kappa shape index (κ3) is 5.13. The molecule has 0 saturated carbocycles. The maximum absolute atomic E-state index is 12.3. The van der Waals surface area contributed by atoms with Gasteiger partial charge >= 0.3 is 6.09 Å². The Labute approximate surface area is 127 Å². The number of ether oxygens (including phenoxy) is 3. The molecule has 0 spiro atoms.